The van der Waals surface area contributed by atoms with Crippen molar-refractivity contribution in [2.45, 2.75) is 78.4 Å². The van der Waals surface area contributed by atoms with Crippen LogP contribution in [0.15, 0.2) is 40.9 Å². The Hall–Kier alpha value is -0.983. The molecular weight excluding hydrogens is 272 g/mol. The van der Waals surface area contributed by atoms with Crippen molar-refractivity contribution in [3.63, 3.8) is 0 Å². The number of rotatable bonds is 7. The second-order valence-electron chi connectivity index (χ2n) is 5.96. The first kappa shape index (κ1) is 18.1. The van der Waals surface area contributed by atoms with Gasteiger partial charge in [0.1, 0.15) is 0 Å². The Morgan fingerprint density at radius 2 is 1.90 bits per heavy atom. The topological polar surface area (TPSA) is 9.23 Å². The third kappa shape index (κ3) is 5.37. The van der Waals surface area contributed by atoms with Gasteiger partial charge in [0.05, 0.1) is 0 Å². The fraction of sp³-hybridized carbons (Fsp3) is 0.632. The molecule has 1 aliphatic rings. The van der Waals surface area contributed by atoms with E-state index in [2.05, 4.69) is 58.6 Å². The van der Waals surface area contributed by atoms with E-state index in [1.54, 1.807) is 0 Å². The molecule has 0 heterocycles. The molecule has 0 unspecified atom stereocenters. The van der Waals surface area contributed by atoms with E-state index >= 15 is 0 Å². The van der Waals surface area contributed by atoms with Gasteiger partial charge in [0.2, 0.25) is 0 Å². The number of allylic oxidation sites excluding steroid dienone is 4. The molecule has 118 valence electrons. The molecule has 2 heteroatoms. The summed E-state index contributed by atoms with van der Waals surface area (Å²) in [5, 5.41) is 0. The van der Waals surface area contributed by atoms with Crippen LogP contribution in [0.1, 0.15) is 60.3 Å². The summed E-state index contributed by atoms with van der Waals surface area (Å²) in [6.45, 7) is 11.0. The van der Waals surface area contributed by atoms with Crippen molar-refractivity contribution in [3.05, 3.63) is 40.9 Å². The summed E-state index contributed by atoms with van der Waals surface area (Å²) in [7, 11) is -1.63. The van der Waals surface area contributed by atoms with Gasteiger partial charge in [-0.25, -0.2) is 0 Å². The number of hydrogen-bond donors (Lipinski definition) is 0. The zero-order chi connectivity index (χ0) is 15.7. The zero-order valence-corrected chi connectivity index (χ0v) is 15.6. The Bertz CT molecular complexity index is 438. The molecule has 1 rings (SSSR count). The second-order valence-corrected chi connectivity index (χ2v) is 10.7. The fourth-order valence-corrected chi connectivity index (χ4v) is 5.28. The molecule has 0 aliphatic heterocycles. The Labute approximate surface area is 132 Å². The maximum absolute atomic E-state index is 6.55. The summed E-state index contributed by atoms with van der Waals surface area (Å²) in [5.74, 6) is 0.973. The lowest BCUT2D eigenvalue weighted by atomic mass is 9.99. The maximum Gasteiger partial charge on any atom is 0.251 e. The molecule has 0 saturated carbocycles. The molecule has 1 nitrogen and oxygen atoms in total. The van der Waals surface area contributed by atoms with Crippen LogP contribution in [0.2, 0.25) is 18.1 Å². The van der Waals surface area contributed by atoms with Crippen LogP contribution in [0.3, 0.4) is 0 Å². The lowest BCUT2D eigenvalue weighted by Crippen LogP contribution is -2.35. The predicted octanol–water partition coefficient (Wildman–Crippen LogP) is 6.51. The summed E-state index contributed by atoms with van der Waals surface area (Å²) in [6.07, 6.45) is 11.7. The van der Waals surface area contributed by atoms with Crippen LogP contribution in [0.5, 0.6) is 0 Å². The Balaban J connectivity index is 3.05. The maximum atomic E-state index is 6.55. The van der Waals surface area contributed by atoms with Gasteiger partial charge in [-0.2, -0.15) is 0 Å². The SMILES string of the molecule is C/C=C(\C)C(=C=CC1=CCCCC1)O[Si](CC)(CC)CC. The molecule has 0 amide bonds. The highest BCUT2D eigenvalue weighted by atomic mass is 28.4. The van der Waals surface area contributed by atoms with E-state index in [0.717, 1.165) is 5.76 Å². The summed E-state index contributed by atoms with van der Waals surface area (Å²) in [5.41, 5.74) is 6.09. The van der Waals surface area contributed by atoms with Crippen LogP contribution in [-0.2, 0) is 4.43 Å². The van der Waals surface area contributed by atoms with Crippen molar-refractivity contribution < 1.29 is 4.43 Å². The van der Waals surface area contributed by atoms with Crippen LogP contribution in [0, 0.1) is 0 Å². The molecule has 0 aromatic rings. The minimum atomic E-state index is -1.63. The van der Waals surface area contributed by atoms with Crippen molar-refractivity contribution in [1.82, 2.24) is 0 Å². The van der Waals surface area contributed by atoms with E-state index in [1.165, 1.54) is 55.0 Å². The van der Waals surface area contributed by atoms with Gasteiger partial charge in [0.25, 0.3) is 8.32 Å². The molecule has 0 bridgehead atoms. The Morgan fingerprint density at radius 3 is 2.38 bits per heavy atom. The summed E-state index contributed by atoms with van der Waals surface area (Å²) in [6, 6.07) is 3.51. The molecule has 0 atom stereocenters. The normalized spacial score (nSPS) is 16.0. The van der Waals surface area contributed by atoms with Gasteiger partial charge in [-0.1, -0.05) is 38.7 Å². The lowest BCUT2D eigenvalue weighted by Gasteiger charge is -2.29. The second kappa shape index (κ2) is 9.12. The molecule has 1 aliphatic carbocycles. The van der Waals surface area contributed by atoms with Crippen LogP contribution < -0.4 is 0 Å². The first-order valence-electron chi connectivity index (χ1n) is 8.58. The number of hydrogen-bond acceptors (Lipinski definition) is 1. The summed E-state index contributed by atoms with van der Waals surface area (Å²) >= 11 is 0. The standard InChI is InChI=1S/C19H32OSi/c1-6-17(5)19(20-21(7-2,8-3)9-4)16-15-18-13-11-10-12-14-18/h6,13,15H,7-12,14H2,1-5H3/b17-6+. The minimum Gasteiger partial charge on any atom is -0.538 e. The van der Waals surface area contributed by atoms with Gasteiger partial charge in [0, 0.05) is 0 Å². The van der Waals surface area contributed by atoms with Crippen LogP contribution in [0.25, 0.3) is 0 Å². The monoisotopic (exact) mass is 304 g/mol. The average Bonchev–Trinajstić information content (AvgIpc) is 2.56. The van der Waals surface area contributed by atoms with Crippen LogP contribution >= 0.6 is 0 Å². The highest BCUT2D eigenvalue weighted by Gasteiger charge is 2.31. The molecule has 21 heavy (non-hydrogen) atoms. The Morgan fingerprint density at radius 1 is 1.24 bits per heavy atom. The van der Waals surface area contributed by atoms with Gasteiger partial charge >= 0.3 is 0 Å². The van der Waals surface area contributed by atoms with E-state index in [-0.39, 0.29) is 0 Å². The summed E-state index contributed by atoms with van der Waals surface area (Å²) < 4.78 is 6.55. The lowest BCUT2D eigenvalue weighted by molar-refractivity contribution is 0.416. The molecule has 0 fully saturated rings. The zero-order valence-electron chi connectivity index (χ0n) is 14.6. The van der Waals surface area contributed by atoms with Gasteiger partial charge in [-0.15, -0.1) is 0 Å². The smallest absolute Gasteiger partial charge is 0.251 e. The molecule has 0 saturated heterocycles. The minimum absolute atomic E-state index is 0.973. The summed E-state index contributed by atoms with van der Waals surface area (Å²) in [4.78, 5) is 0. The quantitative estimate of drug-likeness (QED) is 0.225. The largest absolute Gasteiger partial charge is 0.538 e. The van der Waals surface area contributed by atoms with Crippen molar-refractivity contribution in [3.8, 4) is 0 Å². The van der Waals surface area contributed by atoms with Crippen LogP contribution in [-0.4, -0.2) is 8.32 Å². The van der Waals surface area contributed by atoms with Gasteiger partial charge in [-0.05, 0) is 74.9 Å². The highest BCUT2D eigenvalue weighted by molar-refractivity contribution is 6.73. The first-order chi connectivity index (χ1) is 10.1. The molecule has 0 aromatic carbocycles. The molecule has 0 radical (unpaired) electrons. The third-order valence-corrected chi connectivity index (χ3v) is 9.26. The molecular formula is C19H32OSi. The van der Waals surface area contributed by atoms with Gasteiger partial charge in [0.15, 0.2) is 5.76 Å². The van der Waals surface area contributed by atoms with E-state index in [4.69, 9.17) is 4.43 Å². The van der Waals surface area contributed by atoms with Crippen molar-refractivity contribution in [2.24, 2.45) is 0 Å². The highest BCUT2D eigenvalue weighted by Crippen LogP contribution is 2.27. The van der Waals surface area contributed by atoms with Crippen molar-refractivity contribution >= 4 is 8.32 Å². The van der Waals surface area contributed by atoms with E-state index < -0.39 is 8.32 Å². The first-order valence-corrected chi connectivity index (χ1v) is 11.1. The van der Waals surface area contributed by atoms with Crippen LogP contribution in [0.4, 0.5) is 0 Å². The average molecular weight is 305 g/mol. The predicted molar refractivity (Wildman–Crippen MR) is 95.9 cm³/mol. The molecule has 0 aromatic heterocycles. The van der Waals surface area contributed by atoms with E-state index in [1.807, 2.05) is 0 Å². The fourth-order valence-electron chi connectivity index (χ4n) is 2.69. The van der Waals surface area contributed by atoms with Gasteiger partial charge < -0.3 is 4.43 Å². The molecule has 0 N–H and O–H groups in total. The Kier molecular flexibility index (Phi) is 7.85. The van der Waals surface area contributed by atoms with Crippen molar-refractivity contribution in [2.75, 3.05) is 0 Å². The molecule has 0 spiro atoms. The third-order valence-electron chi connectivity index (χ3n) is 4.76. The van der Waals surface area contributed by atoms with Crippen molar-refractivity contribution in [1.29, 1.82) is 0 Å². The van der Waals surface area contributed by atoms with E-state index in [9.17, 15) is 0 Å². The van der Waals surface area contributed by atoms with Gasteiger partial charge in [-0.3, -0.25) is 0 Å². The van der Waals surface area contributed by atoms with E-state index in [0.29, 0.717) is 0 Å².